The molecule has 1 amide bonds. The van der Waals surface area contributed by atoms with E-state index in [-0.39, 0.29) is 5.91 Å². The normalized spacial score (nSPS) is 10.3. The first-order valence-electron chi connectivity index (χ1n) is 6.56. The molecule has 4 heteroatoms. The van der Waals surface area contributed by atoms with E-state index in [1.165, 1.54) is 0 Å². The summed E-state index contributed by atoms with van der Waals surface area (Å²) in [6, 6.07) is 16.6. The van der Waals surface area contributed by atoms with E-state index in [0.29, 0.717) is 11.3 Å². The fourth-order valence-electron chi connectivity index (χ4n) is 2.09. The minimum absolute atomic E-state index is 0.148. The van der Waals surface area contributed by atoms with Gasteiger partial charge >= 0.3 is 0 Å². The zero-order chi connectivity index (χ0) is 14.7. The van der Waals surface area contributed by atoms with E-state index in [4.69, 9.17) is 4.74 Å². The molecule has 0 aliphatic carbocycles. The summed E-state index contributed by atoms with van der Waals surface area (Å²) in [6.07, 6.45) is 1.64. The standard InChI is InChI=1S/C17H14N2O2/c1-21-15-8-7-13-9-14(11-18-16(13)10-15)19-17(20)12-5-3-2-4-6-12/h2-11H,1H3,(H,19,20). The third-order valence-corrected chi connectivity index (χ3v) is 3.19. The molecule has 0 saturated carbocycles. The highest BCUT2D eigenvalue weighted by Gasteiger charge is 2.06. The molecular weight excluding hydrogens is 264 g/mol. The van der Waals surface area contributed by atoms with Gasteiger partial charge in [-0.05, 0) is 30.3 Å². The second-order valence-corrected chi connectivity index (χ2v) is 4.60. The second kappa shape index (κ2) is 5.63. The molecule has 104 valence electrons. The summed E-state index contributed by atoms with van der Waals surface area (Å²) in [5.41, 5.74) is 2.11. The molecule has 1 N–H and O–H groups in total. The molecule has 0 bridgehead atoms. The van der Waals surface area contributed by atoms with Crippen LogP contribution >= 0.6 is 0 Å². The minimum atomic E-state index is -0.148. The number of pyridine rings is 1. The number of hydrogen-bond acceptors (Lipinski definition) is 3. The van der Waals surface area contributed by atoms with E-state index < -0.39 is 0 Å². The molecule has 2 aromatic carbocycles. The predicted octanol–water partition coefficient (Wildman–Crippen LogP) is 3.50. The van der Waals surface area contributed by atoms with Gasteiger partial charge in [0.05, 0.1) is 24.5 Å². The largest absolute Gasteiger partial charge is 0.497 e. The lowest BCUT2D eigenvalue weighted by Crippen LogP contribution is -2.11. The first kappa shape index (κ1) is 13.1. The van der Waals surface area contributed by atoms with Gasteiger partial charge in [-0.15, -0.1) is 0 Å². The van der Waals surface area contributed by atoms with Gasteiger partial charge in [0.25, 0.3) is 5.91 Å². The maximum atomic E-state index is 12.1. The molecule has 0 unspecified atom stereocenters. The Morgan fingerprint density at radius 1 is 1.10 bits per heavy atom. The smallest absolute Gasteiger partial charge is 0.255 e. The number of methoxy groups -OCH3 is 1. The van der Waals surface area contributed by atoms with Crippen molar-refractivity contribution < 1.29 is 9.53 Å². The Hall–Kier alpha value is -2.88. The molecule has 0 aliphatic heterocycles. The van der Waals surface area contributed by atoms with Crippen LogP contribution in [0.3, 0.4) is 0 Å². The number of amides is 1. The van der Waals surface area contributed by atoms with Gasteiger partial charge in [-0.3, -0.25) is 9.78 Å². The van der Waals surface area contributed by atoms with Gasteiger partial charge in [-0.1, -0.05) is 18.2 Å². The number of aromatic nitrogens is 1. The fraction of sp³-hybridized carbons (Fsp3) is 0.0588. The molecule has 0 radical (unpaired) electrons. The number of nitrogens with one attached hydrogen (secondary N) is 1. The van der Waals surface area contributed by atoms with Gasteiger partial charge in [0.2, 0.25) is 0 Å². The van der Waals surface area contributed by atoms with Gasteiger partial charge in [0.15, 0.2) is 0 Å². The van der Waals surface area contributed by atoms with Crippen molar-refractivity contribution in [3.8, 4) is 5.75 Å². The molecule has 1 heterocycles. The summed E-state index contributed by atoms with van der Waals surface area (Å²) >= 11 is 0. The topological polar surface area (TPSA) is 51.2 Å². The predicted molar refractivity (Wildman–Crippen MR) is 82.7 cm³/mol. The van der Waals surface area contributed by atoms with E-state index in [9.17, 15) is 4.79 Å². The number of carbonyl (C=O) groups is 1. The highest BCUT2D eigenvalue weighted by atomic mass is 16.5. The SMILES string of the molecule is COc1ccc2cc(NC(=O)c3ccccc3)cnc2c1. The zero-order valence-electron chi connectivity index (χ0n) is 11.5. The quantitative estimate of drug-likeness (QED) is 0.797. The Balaban J connectivity index is 1.86. The first-order valence-corrected chi connectivity index (χ1v) is 6.56. The number of benzene rings is 2. The highest BCUT2D eigenvalue weighted by Crippen LogP contribution is 2.21. The molecule has 0 spiro atoms. The van der Waals surface area contributed by atoms with E-state index >= 15 is 0 Å². The summed E-state index contributed by atoms with van der Waals surface area (Å²) in [5, 5.41) is 3.79. The average Bonchev–Trinajstić information content (AvgIpc) is 2.55. The molecule has 3 rings (SSSR count). The van der Waals surface area contributed by atoms with Crippen molar-refractivity contribution in [2.45, 2.75) is 0 Å². The zero-order valence-corrected chi connectivity index (χ0v) is 11.5. The molecule has 0 aliphatic rings. The Morgan fingerprint density at radius 2 is 1.90 bits per heavy atom. The summed E-state index contributed by atoms with van der Waals surface area (Å²) in [7, 11) is 1.62. The van der Waals surface area contributed by atoms with E-state index in [1.807, 2.05) is 42.5 Å². The molecule has 0 atom stereocenters. The number of nitrogens with zero attached hydrogens (tertiary/aromatic N) is 1. The molecule has 1 aromatic heterocycles. The van der Waals surface area contributed by atoms with Crippen molar-refractivity contribution in [1.29, 1.82) is 0 Å². The molecule has 21 heavy (non-hydrogen) atoms. The van der Waals surface area contributed by atoms with Gasteiger partial charge in [-0.2, -0.15) is 0 Å². The van der Waals surface area contributed by atoms with E-state index in [1.54, 1.807) is 25.4 Å². The number of ether oxygens (including phenoxy) is 1. The van der Waals surface area contributed by atoms with Crippen LogP contribution < -0.4 is 10.1 Å². The maximum Gasteiger partial charge on any atom is 0.255 e. The number of rotatable bonds is 3. The number of hydrogen-bond donors (Lipinski definition) is 1. The van der Waals surface area contributed by atoms with Crippen molar-refractivity contribution in [2.75, 3.05) is 12.4 Å². The third kappa shape index (κ3) is 2.84. The highest BCUT2D eigenvalue weighted by molar-refractivity contribution is 6.04. The van der Waals surface area contributed by atoms with Crippen LogP contribution in [-0.2, 0) is 0 Å². The summed E-state index contributed by atoms with van der Waals surface area (Å²) < 4.78 is 5.17. The number of fused-ring (bicyclic) bond motifs is 1. The Bertz CT molecular complexity index is 785. The van der Waals surface area contributed by atoms with Crippen LogP contribution in [0.25, 0.3) is 10.9 Å². The van der Waals surface area contributed by atoms with Crippen molar-refractivity contribution in [3.63, 3.8) is 0 Å². The van der Waals surface area contributed by atoms with Crippen LogP contribution in [0, 0.1) is 0 Å². The van der Waals surface area contributed by atoms with Gasteiger partial charge in [-0.25, -0.2) is 0 Å². The van der Waals surface area contributed by atoms with Crippen LogP contribution in [0.5, 0.6) is 5.75 Å². The first-order chi connectivity index (χ1) is 10.3. The van der Waals surface area contributed by atoms with Crippen LogP contribution in [-0.4, -0.2) is 18.0 Å². The summed E-state index contributed by atoms with van der Waals surface area (Å²) in [6.45, 7) is 0. The molecule has 0 saturated heterocycles. The summed E-state index contributed by atoms with van der Waals surface area (Å²) in [4.78, 5) is 16.4. The lowest BCUT2D eigenvalue weighted by atomic mass is 10.2. The number of anilines is 1. The Labute approximate surface area is 122 Å². The lowest BCUT2D eigenvalue weighted by molar-refractivity contribution is 0.102. The summed E-state index contributed by atoms with van der Waals surface area (Å²) in [5.74, 6) is 0.612. The van der Waals surface area contributed by atoms with Crippen LogP contribution in [0.2, 0.25) is 0 Å². The molecular formula is C17H14N2O2. The Kier molecular flexibility index (Phi) is 3.51. The van der Waals surface area contributed by atoms with Gasteiger partial charge in [0, 0.05) is 17.0 Å². The van der Waals surface area contributed by atoms with E-state index in [2.05, 4.69) is 10.3 Å². The molecule has 3 aromatic rings. The number of carbonyl (C=O) groups excluding carboxylic acids is 1. The van der Waals surface area contributed by atoms with Gasteiger partial charge in [0.1, 0.15) is 5.75 Å². The lowest BCUT2D eigenvalue weighted by Gasteiger charge is -2.07. The van der Waals surface area contributed by atoms with Crippen LogP contribution in [0.15, 0.2) is 60.8 Å². The maximum absolute atomic E-state index is 12.1. The van der Waals surface area contributed by atoms with Crippen molar-refractivity contribution in [1.82, 2.24) is 4.98 Å². The molecule has 4 nitrogen and oxygen atoms in total. The molecule has 0 fully saturated rings. The fourth-order valence-corrected chi connectivity index (χ4v) is 2.09. The van der Waals surface area contributed by atoms with Crippen molar-refractivity contribution in [2.24, 2.45) is 0 Å². The minimum Gasteiger partial charge on any atom is -0.497 e. The second-order valence-electron chi connectivity index (χ2n) is 4.60. The average molecular weight is 278 g/mol. The Morgan fingerprint density at radius 3 is 2.67 bits per heavy atom. The van der Waals surface area contributed by atoms with Crippen LogP contribution in [0.1, 0.15) is 10.4 Å². The van der Waals surface area contributed by atoms with E-state index in [0.717, 1.165) is 16.7 Å². The third-order valence-electron chi connectivity index (χ3n) is 3.19. The van der Waals surface area contributed by atoms with Crippen LogP contribution in [0.4, 0.5) is 5.69 Å². The van der Waals surface area contributed by atoms with Crippen molar-refractivity contribution in [3.05, 3.63) is 66.4 Å². The monoisotopic (exact) mass is 278 g/mol. The van der Waals surface area contributed by atoms with Gasteiger partial charge < -0.3 is 10.1 Å². The van der Waals surface area contributed by atoms with Crippen molar-refractivity contribution >= 4 is 22.5 Å².